The zero-order chi connectivity index (χ0) is 18.4. The monoisotopic (exact) mass is 384 g/mol. The van der Waals surface area contributed by atoms with Crippen molar-refractivity contribution in [3.63, 3.8) is 0 Å². The maximum absolute atomic E-state index is 13.1. The highest BCUT2D eigenvalue weighted by molar-refractivity contribution is 7.92. The number of hydrogen-bond acceptors (Lipinski definition) is 4. The van der Waals surface area contributed by atoms with Crippen molar-refractivity contribution in [1.29, 1.82) is 0 Å². The van der Waals surface area contributed by atoms with Crippen LogP contribution in [0.15, 0.2) is 53.4 Å². The van der Waals surface area contributed by atoms with Crippen molar-refractivity contribution in [2.45, 2.75) is 16.1 Å². The van der Waals surface area contributed by atoms with Gasteiger partial charge in [0.15, 0.2) is 9.84 Å². The fourth-order valence-corrected chi connectivity index (χ4v) is 5.77. The topological polar surface area (TPSA) is 91.7 Å². The van der Waals surface area contributed by atoms with E-state index in [2.05, 4.69) is 0 Å². The van der Waals surface area contributed by atoms with Crippen LogP contribution < -0.4 is 0 Å². The highest BCUT2D eigenvalue weighted by Gasteiger charge is 2.75. The van der Waals surface area contributed by atoms with Crippen LogP contribution in [0, 0.1) is 11.2 Å². The minimum absolute atomic E-state index is 0.0782. The molecule has 25 heavy (non-hydrogen) atoms. The van der Waals surface area contributed by atoms with Crippen LogP contribution in [0.1, 0.15) is 11.5 Å². The van der Waals surface area contributed by atoms with Crippen molar-refractivity contribution in [2.75, 3.05) is 6.61 Å². The molecule has 0 bridgehead atoms. The van der Waals surface area contributed by atoms with Crippen molar-refractivity contribution in [3.8, 4) is 0 Å². The maximum atomic E-state index is 13.1. The second-order valence-electron chi connectivity index (χ2n) is 5.95. The lowest BCUT2D eigenvalue weighted by atomic mass is 10.0. The second-order valence-corrected chi connectivity index (χ2v) is 8.46. The van der Waals surface area contributed by atoms with Gasteiger partial charge in [0.25, 0.3) is 0 Å². The molecular formula is C17H14ClFO5S. The number of aliphatic carboxylic acids is 1. The number of hydrogen-bond donors (Lipinski definition) is 2. The number of carboxylic acid groups (broad SMARTS) is 1. The van der Waals surface area contributed by atoms with E-state index >= 15 is 0 Å². The van der Waals surface area contributed by atoms with Gasteiger partial charge < -0.3 is 10.2 Å². The van der Waals surface area contributed by atoms with Gasteiger partial charge in [-0.3, -0.25) is 4.79 Å². The lowest BCUT2D eigenvalue weighted by molar-refractivity contribution is -0.145. The molecule has 1 aliphatic carbocycles. The van der Waals surface area contributed by atoms with E-state index in [0.717, 1.165) is 12.1 Å². The lowest BCUT2D eigenvalue weighted by Gasteiger charge is -2.09. The molecule has 0 radical (unpaired) electrons. The maximum Gasteiger partial charge on any atom is 0.314 e. The van der Waals surface area contributed by atoms with Crippen LogP contribution in [-0.4, -0.2) is 36.5 Å². The van der Waals surface area contributed by atoms with Crippen molar-refractivity contribution in [1.82, 2.24) is 0 Å². The van der Waals surface area contributed by atoms with E-state index in [1.807, 2.05) is 0 Å². The van der Waals surface area contributed by atoms with Crippen molar-refractivity contribution < 1.29 is 27.8 Å². The predicted molar refractivity (Wildman–Crippen MR) is 88.7 cm³/mol. The number of aliphatic hydroxyl groups excluding tert-OH is 1. The van der Waals surface area contributed by atoms with Gasteiger partial charge in [-0.15, -0.1) is 0 Å². The van der Waals surface area contributed by atoms with Crippen molar-refractivity contribution in [3.05, 3.63) is 64.9 Å². The number of carboxylic acids is 1. The molecule has 0 saturated heterocycles. The van der Waals surface area contributed by atoms with Crippen LogP contribution >= 0.6 is 11.6 Å². The molecule has 1 fully saturated rings. The van der Waals surface area contributed by atoms with E-state index in [9.17, 15) is 27.8 Å². The van der Waals surface area contributed by atoms with E-state index < -0.39 is 44.8 Å². The Morgan fingerprint density at radius 3 is 2.16 bits per heavy atom. The molecule has 5 nitrogen and oxygen atoms in total. The van der Waals surface area contributed by atoms with Gasteiger partial charge in [-0.1, -0.05) is 23.7 Å². The largest absolute Gasteiger partial charge is 0.481 e. The molecule has 1 aliphatic rings. The fourth-order valence-electron chi connectivity index (χ4n) is 3.28. The number of sulfone groups is 1. The summed E-state index contributed by atoms with van der Waals surface area (Å²) in [4.78, 5) is 11.7. The summed E-state index contributed by atoms with van der Waals surface area (Å²) in [5.74, 6) is -2.91. The smallest absolute Gasteiger partial charge is 0.314 e. The Labute approximate surface area is 148 Å². The minimum Gasteiger partial charge on any atom is -0.481 e. The molecule has 2 aromatic carbocycles. The summed E-state index contributed by atoms with van der Waals surface area (Å²) < 4.78 is 39.0. The van der Waals surface area contributed by atoms with Gasteiger partial charge >= 0.3 is 5.97 Å². The van der Waals surface area contributed by atoms with E-state index in [1.165, 1.54) is 36.4 Å². The summed E-state index contributed by atoms with van der Waals surface area (Å²) in [5.41, 5.74) is -1.52. The van der Waals surface area contributed by atoms with Crippen LogP contribution in [0.4, 0.5) is 4.39 Å². The molecule has 0 aromatic heterocycles. The van der Waals surface area contributed by atoms with E-state index in [4.69, 9.17) is 11.6 Å². The Kier molecular flexibility index (Phi) is 4.35. The highest BCUT2D eigenvalue weighted by Crippen LogP contribution is 2.64. The molecule has 132 valence electrons. The first-order chi connectivity index (χ1) is 11.7. The molecule has 0 heterocycles. The zero-order valence-corrected chi connectivity index (χ0v) is 14.3. The van der Waals surface area contributed by atoms with Crippen LogP contribution in [0.3, 0.4) is 0 Å². The van der Waals surface area contributed by atoms with Crippen LogP contribution in [0.2, 0.25) is 5.02 Å². The summed E-state index contributed by atoms with van der Waals surface area (Å²) in [7, 11) is -4.05. The van der Waals surface area contributed by atoms with Gasteiger partial charge in [0.1, 0.15) is 11.2 Å². The van der Waals surface area contributed by atoms with E-state index in [-0.39, 0.29) is 4.90 Å². The van der Waals surface area contributed by atoms with Gasteiger partial charge in [-0.25, -0.2) is 12.8 Å². The lowest BCUT2D eigenvalue weighted by Crippen LogP contribution is -2.27. The van der Waals surface area contributed by atoms with Crippen molar-refractivity contribution >= 4 is 27.4 Å². The van der Waals surface area contributed by atoms with E-state index in [1.54, 1.807) is 0 Å². The van der Waals surface area contributed by atoms with Gasteiger partial charge in [0, 0.05) is 10.9 Å². The second kappa shape index (κ2) is 6.09. The summed E-state index contributed by atoms with van der Waals surface area (Å²) >= 11 is 5.77. The predicted octanol–water partition coefficient (Wildman–Crippen LogP) is 2.48. The Morgan fingerprint density at radius 2 is 1.68 bits per heavy atom. The molecule has 2 aromatic rings. The Bertz CT molecular complexity index is 911. The SMILES string of the molecule is O=C(O)[C@]1(CO)[C@H](c2ccc(F)cc2)[C@@H]1S(=O)(=O)c1ccc(Cl)cc1. The highest BCUT2D eigenvalue weighted by atomic mass is 35.5. The Hall–Kier alpha value is -1.96. The summed E-state index contributed by atoms with van der Waals surface area (Å²) in [6.45, 7) is -0.845. The number of rotatable bonds is 5. The summed E-state index contributed by atoms with van der Waals surface area (Å²) in [5, 5.41) is 18.3. The van der Waals surface area contributed by atoms with Gasteiger partial charge in [0.05, 0.1) is 16.8 Å². The van der Waals surface area contributed by atoms with Gasteiger partial charge in [-0.05, 0) is 42.0 Å². The first-order valence-electron chi connectivity index (χ1n) is 7.34. The first-order valence-corrected chi connectivity index (χ1v) is 9.27. The standard InChI is InChI=1S/C17H14ClFO5S/c18-11-3-7-13(8-4-11)25(23,24)15-14(17(15,9-20)16(21)22)10-1-5-12(19)6-2-10/h1-8,14-15,20H,9H2,(H,21,22)/t14-,15+,17-/m1/s1. The van der Waals surface area contributed by atoms with Crippen LogP contribution in [0.25, 0.3) is 0 Å². The fraction of sp³-hybridized carbons (Fsp3) is 0.235. The average molecular weight is 385 g/mol. The molecule has 0 aliphatic heterocycles. The number of aliphatic hydroxyl groups is 1. The number of carbonyl (C=O) groups is 1. The molecule has 3 atom stereocenters. The summed E-state index contributed by atoms with van der Waals surface area (Å²) in [6, 6.07) is 10.3. The first kappa shape index (κ1) is 17.8. The molecule has 2 N–H and O–H groups in total. The normalized spacial score (nSPS) is 25.6. The zero-order valence-electron chi connectivity index (χ0n) is 12.8. The third-order valence-corrected chi connectivity index (χ3v) is 7.16. The molecule has 1 saturated carbocycles. The van der Waals surface area contributed by atoms with E-state index in [0.29, 0.717) is 10.6 Å². The van der Waals surface area contributed by atoms with Crippen molar-refractivity contribution in [2.24, 2.45) is 5.41 Å². The van der Waals surface area contributed by atoms with Crippen LogP contribution in [0.5, 0.6) is 0 Å². The molecule has 0 spiro atoms. The van der Waals surface area contributed by atoms with Gasteiger partial charge in [-0.2, -0.15) is 0 Å². The number of halogens is 2. The quantitative estimate of drug-likeness (QED) is 0.826. The molecule has 8 heteroatoms. The van der Waals surface area contributed by atoms with Crippen LogP contribution in [-0.2, 0) is 14.6 Å². The average Bonchev–Trinajstić information content (AvgIpc) is 3.27. The Morgan fingerprint density at radius 1 is 1.12 bits per heavy atom. The van der Waals surface area contributed by atoms with Gasteiger partial charge in [0.2, 0.25) is 0 Å². The summed E-state index contributed by atoms with van der Waals surface area (Å²) in [6.07, 6.45) is 0. The molecule has 0 amide bonds. The third-order valence-electron chi connectivity index (χ3n) is 4.62. The molecule has 0 unspecified atom stereocenters. The molecular weight excluding hydrogens is 371 g/mol. The third kappa shape index (κ3) is 2.72. The number of benzene rings is 2. The Balaban J connectivity index is 2.10. The minimum atomic E-state index is -4.05. The molecule has 3 rings (SSSR count).